The van der Waals surface area contributed by atoms with E-state index in [2.05, 4.69) is 61.1 Å². The number of carbonyl (C=O) groups excluding carboxylic acids is 1. The summed E-state index contributed by atoms with van der Waals surface area (Å²) in [7, 11) is 3.22. The fraction of sp³-hybridized carbons (Fsp3) is 0.333. The van der Waals surface area contributed by atoms with Crippen LogP contribution >= 0.6 is 27.5 Å². The Morgan fingerprint density at radius 3 is 2.52 bits per heavy atom. The molecule has 0 bridgehead atoms. The molecule has 1 saturated heterocycles. The highest BCUT2D eigenvalue weighted by Gasteiger charge is 2.29. The standard InChI is InChI=1S/C36H36BrClN6O4/c1-46-34-20(18-39-19-21-9-14-31(45)42-21)17-28(37)36(44-34)48-30-13-11-23-22(5-3-6-24(23)30)25-7-4-8-26(32(25)38)29-12-10-27(35(43-29)47-2)33-40-15-16-41-33/h3-8,10,12,17,21,30,39H,9,11,13-16,18-19H2,1-2H3,(H,40,41)(H,42,45)/t21-,30-/m0/s1. The van der Waals surface area contributed by atoms with Crippen molar-refractivity contribution in [3.8, 4) is 40.0 Å². The topological polar surface area (TPSA) is 119 Å². The molecule has 2 aromatic heterocycles. The fourth-order valence-corrected chi connectivity index (χ4v) is 7.44. The number of fused-ring (bicyclic) bond motifs is 1. The minimum absolute atomic E-state index is 0.107. The molecule has 12 heteroatoms. The lowest BCUT2D eigenvalue weighted by Crippen LogP contribution is -2.35. The Balaban J connectivity index is 1.11. The Morgan fingerprint density at radius 1 is 0.938 bits per heavy atom. The van der Waals surface area contributed by atoms with Crippen molar-refractivity contribution in [2.75, 3.05) is 33.9 Å². The van der Waals surface area contributed by atoms with Gasteiger partial charge in [0.05, 0.1) is 41.5 Å². The van der Waals surface area contributed by atoms with Gasteiger partial charge in [-0.2, -0.15) is 4.98 Å². The number of pyridine rings is 2. The number of ether oxygens (including phenoxy) is 3. The van der Waals surface area contributed by atoms with Crippen molar-refractivity contribution in [3.63, 3.8) is 0 Å². The van der Waals surface area contributed by atoms with Crippen LogP contribution in [0, 0.1) is 0 Å². The van der Waals surface area contributed by atoms with Crippen molar-refractivity contribution in [1.29, 1.82) is 0 Å². The van der Waals surface area contributed by atoms with Crippen LogP contribution in [-0.4, -0.2) is 61.6 Å². The summed E-state index contributed by atoms with van der Waals surface area (Å²) in [6.07, 6.45) is 2.87. The van der Waals surface area contributed by atoms with E-state index in [1.165, 1.54) is 5.56 Å². The molecule has 0 unspecified atom stereocenters. The van der Waals surface area contributed by atoms with E-state index in [9.17, 15) is 4.79 Å². The number of benzene rings is 2. The minimum Gasteiger partial charge on any atom is -0.481 e. The quantitative estimate of drug-likeness (QED) is 0.171. The normalized spacial score (nSPS) is 18.2. The Morgan fingerprint density at radius 2 is 1.75 bits per heavy atom. The van der Waals surface area contributed by atoms with Gasteiger partial charge in [0, 0.05) is 48.8 Å². The third-order valence-corrected chi connectivity index (χ3v) is 9.96. The molecule has 2 aromatic carbocycles. The lowest BCUT2D eigenvalue weighted by molar-refractivity contribution is -0.119. The van der Waals surface area contributed by atoms with Crippen LogP contribution in [0.1, 0.15) is 47.6 Å². The zero-order valence-electron chi connectivity index (χ0n) is 26.7. The first kappa shape index (κ1) is 32.4. The fourth-order valence-electron chi connectivity index (χ4n) is 6.66. The molecule has 2 atom stereocenters. The summed E-state index contributed by atoms with van der Waals surface area (Å²) in [6, 6.07) is 18.4. The number of amides is 1. The molecule has 3 aliphatic rings. The summed E-state index contributed by atoms with van der Waals surface area (Å²) in [5.41, 5.74) is 7.61. The molecule has 10 nitrogen and oxygen atoms in total. The maximum Gasteiger partial charge on any atom is 0.231 e. The highest BCUT2D eigenvalue weighted by molar-refractivity contribution is 9.10. The molecule has 7 rings (SSSR count). The number of methoxy groups -OCH3 is 2. The van der Waals surface area contributed by atoms with Gasteiger partial charge >= 0.3 is 0 Å². The van der Waals surface area contributed by atoms with E-state index in [4.69, 9.17) is 35.8 Å². The number of nitrogens with zero attached hydrogens (tertiary/aromatic N) is 3. The molecule has 0 radical (unpaired) electrons. The SMILES string of the molecule is COc1nc(O[C@H]2CCc3c(-c4cccc(-c5ccc(C6=NCCN6)c(OC)n5)c4Cl)cccc32)c(Br)cc1CNC[C@@H]1CCC(=O)N1. The number of aliphatic imine (C=N–C) groups is 1. The van der Waals surface area contributed by atoms with Gasteiger partial charge in [-0.3, -0.25) is 9.79 Å². The lowest BCUT2D eigenvalue weighted by Gasteiger charge is -2.19. The third kappa shape index (κ3) is 6.46. The van der Waals surface area contributed by atoms with Gasteiger partial charge in [0.15, 0.2) is 0 Å². The van der Waals surface area contributed by atoms with Crippen LogP contribution in [0.5, 0.6) is 17.6 Å². The van der Waals surface area contributed by atoms with E-state index in [0.717, 1.165) is 81.7 Å². The van der Waals surface area contributed by atoms with Gasteiger partial charge in [0.2, 0.25) is 23.5 Å². The zero-order valence-corrected chi connectivity index (χ0v) is 29.1. The Bertz CT molecular complexity index is 1900. The summed E-state index contributed by atoms with van der Waals surface area (Å²) >= 11 is 10.8. The smallest absolute Gasteiger partial charge is 0.231 e. The van der Waals surface area contributed by atoms with Gasteiger partial charge in [0.1, 0.15) is 11.9 Å². The molecule has 1 aliphatic carbocycles. The van der Waals surface area contributed by atoms with Gasteiger partial charge in [-0.15, -0.1) is 0 Å². The Labute approximate surface area is 292 Å². The molecule has 3 N–H and O–H groups in total. The van der Waals surface area contributed by atoms with E-state index in [1.807, 2.05) is 30.3 Å². The van der Waals surface area contributed by atoms with Gasteiger partial charge < -0.3 is 30.2 Å². The number of rotatable bonds is 11. The monoisotopic (exact) mass is 730 g/mol. The molecule has 4 heterocycles. The van der Waals surface area contributed by atoms with E-state index in [0.29, 0.717) is 42.2 Å². The summed E-state index contributed by atoms with van der Waals surface area (Å²) in [6.45, 7) is 2.77. The van der Waals surface area contributed by atoms with Crippen LogP contribution in [0.3, 0.4) is 0 Å². The zero-order chi connectivity index (χ0) is 33.2. The predicted molar refractivity (Wildman–Crippen MR) is 189 cm³/mol. The first-order chi connectivity index (χ1) is 23.4. The Kier molecular flexibility index (Phi) is 9.52. The van der Waals surface area contributed by atoms with Gasteiger partial charge in [-0.25, -0.2) is 4.98 Å². The number of nitrogens with one attached hydrogen (secondary N) is 3. The average molecular weight is 732 g/mol. The maximum atomic E-state index is 11.5. The second-order valence-corrected chi connectivity index (χ2v) is 13.2. The molecule has 4 aromatic rings. The van der Waals surface area contributed by atoms with Crippen molar-refractivity contribution in [2.24, 2.45) is 4.99 Å². The van der Waals surface area contributed by atoms with Crippen molar-refractivity contribution >= 4 is 39.3 Å². The second-order valence-electron chi connectivity index (χ2n) is 12.0. The third-order valence-electron chi connectivity index (χ3n) is 8.98. The van der Waals surface area contributed by atoms with Crippen LogP contribution in [0.15, 0.2) is 64.1 Å². The summed E-state index contributed by atoms with van der Waals surface area (Å²) in [5, 5.41) is 10.3. The number of aromatic nitrogens is 2. The first-order valence-corrected chi connectivity index (χ1v) is 17.3. The van der Waals surface area contributed by atoms with E-state index >= 15 is 0 Å². The van der Waals surface area contributed by atoms with Crippen molar-refractivity contribution in [1.82, 2.24) is 25.9 Å². The summed E-state index contributed by atoms with van der Waals surface area (Å²) in [5.74, 6) is 2.38. The van der Waals surface area contributed by atoms with Crippen molar-refractivity contribution in [3.05, 3.63) is 86.3 Å². The van der Waals surface area contributed by atoms with E-state index in [-0.39, 0.29) is 18.1 Å². The van der Waals surface area contributed by atoms with Crippen LogP contribution in [-0.2, 0) is 17.8 Å². The largest absolute Gasteiger partial charge is 0.481 e. The highest BCUT2D eigenvalue weighted by Crippen LogP contribution is 2.44. The molecule has 1 amide bonds. The first-order valence-electron chi connectivity index (χ1n) is 16.1. The molecule has 1 fully saturated rings. The van der Waals surface area contributed by atoms with Crippen molar-refractivity contribution in [2.45, 2.75) is 44.4 Å². The number of halogens is 2. The van der Waals surface area contributed by atoms with Gasteiger partial charge in [-0.1, -0.05) is 48.0 Å². The molecule has 0 spiro atoms. The molecule has 248 valence electrons. The number of hydrogen-bond donors (Lipinski definition) is 3. The number of hydrogen-bond acceptors (Lipinski definition) is 9. The second kappa shape index (κ2) is 14.1. The van der Waals surface area contributed by atoms with Crippen molar-refractivity contribution < 1.29 is 19.0 Å². The maximum absolute atomic E-state index is 11.5. The summed E-state index contributed by atoms with van der Waals surface area (Å²) in [4.78, 5) is 25.6. The summed E-state index contributed by atoms with van der Waals surface area (Å²) < 4.78 is 18.6. The molecule has 48 heavy (non-hydrogen) atoms. The van der Waals surface area contributed by atoms with Crippen LogP contribution in [0.25, 0.3) is 22.4 Å². The minimum atomic E-state index is -0.184. The van der Waals surface area contributed by atoms with Crippen LogP contribution in [0.4, 0.5) is 0 Å². The predicted octanol–water partition coefficient (Wildman–Crippen LogP) is 6.03. The van der Waals surface area contributed by atoms with E-state index < -0.39 is 0 Å². The Hall–Kier alpha value is -4.19. The molecular weight excluding hydrogens is 696 g/mol. The van der Waals surface area contributed by atoms with Gasteiger partial charge in [0.25, 0.3) is 0 Å². The lowest BCUT2D eigenvalue weighted by atomic mass is 9.94. The highest BCUT2D eigenvalue weighted by atomic mass is 79.9. The molecule has 0 saturated carbocycles. The van der Waals surface area contributed by atoms with Crippen LogP contribution < -0.4 is 30.2 Å². The molecular formula is C36H36BrClN6O4. The van der Waals surface area contributed by atoms with E-state index in [1.54, 1.807) is 14.2 Å². The van der Waals surface area contributed by atoms with Gasteiger partial charge in [-0.05, 0) is 70.1 Å². The number of amidine groups is 1. The average Bonchev–Trinajstić information content (AvgIpc) is 3.88. The van der Waals surface area contributed by atoms with Crippen LogP contribution in [0.2, 0.25) is 5.02 Å². The molecule has 2 aliphatic heterocycles. The number of carbonyl (C=O) groups is 1.